The third-order valence-electron chi connectivity index (χ3n) is 1.65. The molecular formula is C9H9Cl2NO. The summed E-state index contributed by atoms with van der Waals surface area (Å²) in [7, 11) is 0. The van der Waals surface area contributed by atoms with Crippen LogP contribution in [0.3, 0.4) is 0 Å². The van der Waals surface area contributed by atoms with Crippen LogP contribution in [-0.4, -0.2) is 11.3 Å². The van der Waals surface area contributed by atoms with E-state index in [1.165, 1.54) is 0 Å². The van der Waals surface area contributed by atoms with Gasteiger partial charge in [-0.05, 0) is 5.56 Å². The van der Waals surface area contributed by atoms with Crippen LogP contribution in [0.1, 0.15) is 10.9 Å². The number of rotatable bonds is 3. The maximum absolute atomic E-state index is 10.7. The summed E-state index contributed by atoms with van der Waals surface area (Å²) in [6.07, 6.45) is 0. The lowest BCUT2D eigenvalue weighted by molar-refractivity contribution is -0.117. The van der Waals surface area contributed by atoms with E-state index in [4.69, 9.17) is 28.9 Å². The summed E-state index contributed by atoms with van der Waals surface area (Å²) < 4.78 is 0. The van der Waals surface area contributed by atoms with Gasteiger partial charge < -0.3 is 5.73 Å². The summed E-state index contributed by atoms with van der Waals surface area (Å²) in [5, 5.41) is -1.44. The molecule has 0 fully saturated rings. The van der Waals surface area contributed by atoms with Gasteiger partial charge in [0.15, 0.2) is 0 Å². The predicted molar refractivity (Wildman–Crippen MR) is 53.9 cm³/mol. The summed E-state index contributed by atoms with van der Waals surface area (Å²) >= 11 is 11.6. The summed E-state index contributed by atoms with van der Waals surface area (Å²) in [6, 6.07) is 9.12. The van der Waals surface area contributed by atoms with Gasteiger partial charge in [-0.25, -0.2) is 0 Å². The molecule has 70 valence electrons. The van der Waals surface area contributed by atoms with Gasteiger partial charge in [-0.2, -0.15) is 0 Å². The van der Waals surface area contributed by atoms with E-state index in [0.717, 1.165) is 5.56 Å². The molecule has 13 heavy (non-hydrogen) atoms. The van der Waals surface area contributed by atoms with Gasteiger partial charge in [-0.1, -0.05) is 30.3 Å². The lowest BCUT2D eigenvalue weighted by Gasteiger charge is -2.12. The molecule has 0 aliphatic carbocycles. The highest BCUT2D eigenvalue weighted by Crippen LogP contribution is 2.27. The highest BCUT2D eigenvalue weighted by atomic mass is 35.5. The summed E-state index contributed by atoms with van der Waals surface area (Å²) in [6.45, 7) is 0. The molecule has 2 unspecified atom stereocenters. The van der Waals surface area contributed by atoms with E-state index in [-0.39, 0.29) is 0 Å². The van der Waals surface area contributed by atoms with Crippen LogP contribution in [0.2, 0.25) is 0 Å². The summed E-state index contributed by atoms with van der Waals surface area (Å²) in [5.41, 5.74) is 5.81. The Hall–Kier alpha value is -0.730. The standard InChI is InChI=1S/C9H9Cl2NO/c10-7(8(11)9(12)13)6-4-2-1-3-5-6/h1-5,7-8H,(H2,12,13). The molecule has 0 aromatic heterocycles. The van der Waals surface area contributed by atoms with Crippen LogP contribution >= 0.6 is 23.2 Å². The zero-order valence-electron chi connectivity index (χ0n) is 6.78. The van der Waals surface area contributed by atoms with Crippen molar-refractivity contribution in [3.8, 4) is 0 Å². The number of carbonyl (C=O) groups is 1. The first-order valence-corrected chi connectivity index (χ1v) is 4.62. The zero-order valence-corrected chi connectivity index (χ0v) is 8.29. The average Bonchev–Trinajstić information content (AvgIpc) is 2.17. The Morgan fingerprint density at radius 1 is 1.23 bits per heavy atom. The largest absolute Gasteiger partial charge is 0.368 e. The number of alkyl halides is 2. The van der Waals surface area contributed by atoms with Crippen LogP contribution in [0, 0.1) is 0 Å². The molecule has 0 spiro atoms. The maximum Gasteiger partial charge on any atom is 0.237 e. The van der Waals surface area contributed by atoms with E-state index in [1.807, 2.05) is 18.2 Å². The van der Waals surface area contributed by atoms with Crippen molar-refractivity contribution in [2.75, 3.05) is 0 Å². The van der Waals surface area contributed by atoms with E-state index in [9.17, 15) is 4.79 Å². The molecule has 2 atom stereocenters. The van der Waals surface area contributed by atoms with Crippen molar-refractivity contribution in [2.24, 2.45) is 5.73 Å². The number of primary amides is 1. The average molecular weight is 218 g/mol. The smallest absolute Gasteiger partial charge is 0.237 e. The first-order valence-electron chi connectivity index (χ1n) is 3.75. The van der Waals surface area contributed by atoms with E-state index in [1.54, 1.807) is 12.1 Å². The minimum atomic E-state index is -0.871. The van der Waals surface area contributed by atoms with Gasteiger partial charge in [0.1, 0.15) is 5.38 Å². The number of carbonyl (C=O) groups excluding carboxylic acids is 1. The molecule has 2 nitrogen and oxygen atoms in total. The minimum absolute atomic E-state index is 0.569. The van der Waals surface area contributed by atoms with Gasteiger partial charge in [0, 0.05) is 0 Å². The fraction of sp³-hybridized carbons (Fsp3) is 0.222. The Morgan fingerprint density at radius 3 is 2.23 bits per heavy atom. The van der Waals surface area contributed by atoms with Crippen LogP contribution in [0.5, 0.6) is 0 Å². The molecule has 0 radical (unpaired) electrons. The van der Waals surface area contributed by atoms with Gasteiger partial charge in [0.25, 0.3) is 0 Å². The van der Waals surface area contributed by atoms with Crippen molar-refractivity contribution in [1.29, 1.82) is 0 Å². The van der Waals surface area contributed by atoms with Crippen LogP contribution in [0.25, 0.3) is 0 Å². The number of amides is 1. The minimum Gasteiger partial charge on any atom is -0.368 e. The van der Waals surface area contributed by atoms with E-state index in [2.05, 4.69) is 0 Å². The monoisotopic (exact) mass is 217 g/mol. The Balaban J connectivity index is 2.79. The maximum atomic E-state index is 10.7. The summed E-state index contributed by atoms with van der Waals surface area (Å²) in [4.78, 5) is 10.7. The molecule has 1 aromatic carbocycles. The zero-order chi connectivity index (χ0) is 9.84. The molecule has 0 aliphatic rings. The van der Waals surface area contributed by atoms with Crippen LogP contribution in [-0.2, 0) is 4.79 Å². The van der Waals surface area contributed by atoms with Crippen molar-refractivity contribution in [2.45, 2.75) is 10.8 Å². The van der Waals surface area contributed by atoms with Crippen molar-refractivity contribution in [3.63, 3.8) is 0 Å². The molecular weight excluding hydrogens is 209 g/mol. The number of hydrogen-bond donors (Lipinski definition) is 1. The Bertz CT molecular complexity index is 289. The number of halogens is 2. The van der Waals surface area contributed by atoms with Gasteiger partial charge in [0.05, 0.1) is 5.38 Å². The quantitative estimate of drug-likeness (QED) is 0.775. The van der Waals surface area contributed by atoms with Gasteiger partial charge in [-0.15, -0.1) is 23.2 Å². The Kier molecular flexibility index (Phi) is 3.58. The molecule has 1 aromatic rings. The lowest BCUT2D eigenvalue weighted by Crippen LogP contribution is -2.27. The second-order valence-electron chi connectivity index (χ2n) is 2.62. The first kappa shape index (κ1) is 10.4. The number of hydrogen-bond acceptors (Lipinski definition) is 1. The normalized spacial score (nSPS) is 14.9. The molecule has 0 heterocycles. The van der Waals surface area contributed by atoms with Crippen molar-refractivity contribution < 1.29 is 4.79 Å². The number of benzene rings is 1. The Labute approximate surface area is 86.6 Å². The SMILES string of the molecule is NC(=O)C(Cl)C(Cl)c1ccccc1. The molecule has 1 amide bonds. The highest BCUT2D eigenvalue weighted by Gasteiger charge is 2.23. The summed E-state index contributed by atoms with van der Waals surface area (Å²) in [5.74, 6) is -0.606. The second-order valence-corrected chi connectivity index (χ2v) is 3.56. The van der Waals surface area contributed by atoms with Crippen LogP contribution < -0.4 is 5.73 Å². The fourth-order valence-corrected chi connectivity index (χ4v) is 1.37. The van der Waals surface area contributed by atoms with Crippen LogP contribution in [0.15, 0.2) is 30.3 Å². The first-order chi connectivity index (χ1) is 6.13. The van der Waals surface area contributed by atoms with E-state index >= 15 is 0 Å². The van der Waals surface area contributed by atoms with Crippen molar-refractivity contribution in [3.05, 3.63) is 35.9 Å². The van der Waals surface area contributed by atoms with E-state index in [0.29, 0.717) is 0 Å². The van der Waals surface area contributed by atoms with Crippen molar-refractivity contribution >= 4 is 29.1 Å². The Morgan fingerprint density at radius 2 is 1.77 bits per heavy atom. The molecule has 0 saturated heterocycles. The topological polar surface area (TPSA) is 43.1 Å². The molecule has 1 rings (SSSR count). The molecule has 0 aliphatic heterocycles. The van der Waals surface area contributed by atoms with Gasteiger partial charge in [-0.3, -0.25) is 4.79 Å². The lowest BCUT2D eigenvalue weighted by atomic mass is 10.1. The third-order valence-corrected chi connectivity index (χ3v) is 2.75. The second kappa shape index (κ2) is 4.49. The highest BCUT2D eigenvalue weighted by molar-refractivity contribution is 6.37. The third kappa shape index (κ3) is 2.61. The van der Waals surface area contributed by atoms with E-state index < -0.39 is 16.7 Å². The van der Waals surface area contributed by atoms with Crippen molar-refractivity contribution in [1.82, 2.24) is 0 Å². The predicted octanol–water partition coefficient (Wildman–Crippen LogP) is 2.06. The molecule has 0 saturated carbocycles. The van der Waals surface area contributed by atoms with Gasteiger partial charge in [0.2, 0.25) is 5.91 Å². The molecule has 2 N–H and O–H groups in total. The van der Waals surface area contributed by atoms with Crippen LogP contribution in [0.4, 0.5) is 0 Å². The number of nitrogens with two attached hydrogens (primary N) is 1. The molecule has 0 bridgehead atoms. The van der Waals surface area contributed by atoms with Gasteiger partial charge >= 0.3 is 0 Å². The molecule has 4 heteroatoms. The fourth-order valence-electron chi connectivity index (χ4n) is 0.950.